The summed E-state index contributed by atoms with van der Waals surface area (Å²) >= 11 is 6.06. The molecule has 2 unspecified atom stereocenters. The topological polar surface area (TPSA) is 56.2 Å². The van der Waals surface area contributed by atoms with E-state index in [0.717, 1.165) is 31.1 Å². The van der Waals surface area contributed by atoms with Crippen LogP contribution in [0, 0.1) is 5.92 Å². The van der Waals surface area contributed by atoms with Gasteiger partial charge >= 0.3 is 0 Å². The molecule has 1 saturated carbocycles. The zero-order valence-corrected chi connectivity index (χ0v) is 11.3. The first kappa shape index (κ1) is 12.7. The highest BCUT2D eigenvalue weighted by atomic mass is 35.5. The third-order valence-electron chi connectivity index (χ3n) is 3.90. The van der Waals surface area contributed by atoms with Crippen molar-refractivity contribution in [3.8, 4) is 0 Å². The number of para-hydroxylation sites is 1. The first-order valence-electron chi connectivity index (χ1n) is 6.64. The summed E-state index contributed by atoms with van der Waals surface area (Å²) in [7, 11) is 0. The second-order valence-electron chi connectivity index (χ2n) is 5.19. The summed E-state index contributed by atoms with van der Waals surface area (Å²) in [4.78, 5) is 12.5. The number of halogens is 1. The molecule has 2 atom stereocenters. The van der Waals surface area contributed by atoms with Gasteiger partial charge in [-0.1, -0.05) is 36.6 Å². The Labute approximate surface area is 116 Å². The minimum absolute atomic E-state index is 0.0134. The molecule has 0 spiro atoms. The lowest BCUT2D eigenvalue weighted by Gasteiger charge is -2.26. The predicted molar refractivity (Wildman–Crippen MR) is 75.5 cm³/mol. The fraction of sp³-hybridized carbons (Fsp3) is 0.400. The highest BCUT2D eigenvalue weighted by Crippen LogP contribution is 2.31. The standard InChI is InChI=1S/C15H16ClNO2/c16-11-6-3-4-9-8-13(19-15(9)11)14(18)10-5-1-2-7-12(10)17/h3-4,6,8,10,12H,1-2,5,7,17H2. The third-order valence-corrected chi connectivity index (χ3v) is 4.19. The fourth-order valence-electron chi connectivity index (χ4n) is 2.82. The van der Waals surface area contributed by atoms with E-state index in [1.807, 2.05) is 12.1 Å². The summed E-state index contributed by atoms with van der Waals surface area (Å²) in [5.74, 6) is 0.276. The molecule has 4 heteroatoms. The van der Waals surface area contributed by atoms with E-state index in [0.29, 0.717) is 16.4 Å². The lowest BCUT2D eigenvalue weighted by Crippen LogP contribution is -2.37. The quantitative estimate of drug-likeness (QED) is 0.850. The van der Waals surface area contributed by atoms with Crippen LogP contribution in [0.5, 0.6) is 0 Å². The first-order valence-corrected chi connectivity index (χ1v) is 7.02. The number of fused-ring (bicyclic) bond motifs is 1. The molecule has 0 bridgehead atoms. The van der Waals surface area contributed by atoms with Crippen LogP contribution in [0.2, 0.25) is 5.02 Å². The molecule has 0 amide bonds. The summed E-state index contributed by atoms with van der Waals surface area (Å²) in [6.45, 7) is 0. The molecule has 2 N–H and O–H groups in total. The van der Waals surface area contributed by atoms with Gasteiger partial charge in [0.15, 0.2) is 11.3 Å². The highest BCUT2D eigenvalue weighted by Gasteiger charge is 2.31. The van der Waals surface area contributed by atoms with Crippen molar-refractivity contribution in [1.29, 1.82) is 0 Å². The van der Waals surface area contributed by atoms with Crippen LogP contribution >= 0.6 is 11.6 Å². The molecule has 1 aromatic heterocycles. The Hall–Kier alpha value is -1.32. The number of Topliss-reactive ketones (excluding diaryl/α,β-unsaturated/α-hetero) is 1. The second kappa shape index (κ2) is 4.99. The summed E-state index contributed by atoms with van der Waals surface area (Å²) in [5.41, 5.74) is 6.63. The van der Waals surface area contributed by atoms with Gasteiger partial charge < -0.3 is 10.2 Å². The maximum absolute atomic E-state index is 12.5. The normalized spacial score (nSPS) is 23.7. The molecule has 2 aromatic rings. The van der Waals surface area contributed by atoms with Gasteiger partial charge in [0.25, 0.3) is 0 Å². The van der Waals surface area contributed by atoms with Gasteiger partial charge in [-0.2, -0.15) is 0 Å². The minimum Gasteiger partial charge on any atom is -0.451 e. The van der Waals surface area contributed by atoms with E-state index in [9.17, 15) is 4.79 Å². The highest BCUT2D eigenvalue weighted by molar-refractivity contribution is 6.34. The number of furan rings is 1. The molecule has 1 fully saturated rings. The molecule has 3 rings (SSSR count). The maximum Gasteiger partial charge on any atom is 0.202 e. The van der Waals surface area contributed by atoms with Gasteiger partial charge in [0, 0.05) is 17.3 Å². The van der Waals surface area contributed by atoms with Crippen molar-refractivity contribution in [3.05, 3.63) is 35.0 Å². The van der Waals surface area contributed by atoms with Gasteiger partial charge in [0.2, 0.25) is 5.78 Å². The van der Waals surface area contributed by atoms with Crippen molar-refractivity contribution < 1.29 is 9.21 Å². The number of nitrogens with two attached hydrogens (primary N) is 1. The number of hydrogen-bond acceptors (Lipinski definition) is 3. The number of carbonyl (C=O) groups is 1. The Morgan fingerprint density at radius 2 is 2.11 bits per heavy atom. The van der Waals surface area contributed by atoms with Crippen LogP contribution in [0.25, 0.3) is 11.0 Å². The summed E-state index contributed by atoms with van der Waals surface area (Å²) < 4.78 is 5.63. The van der Waals surface area contributed by atoms with Crippen molar-refractivity contribution >= 4 is 28.4 Å². The molecule has 0 aliphatic heterocycles. The molecule has 3 nitrogen and oxygen atoms in total. The van der Waals surface area contributed by atoms with E-state index in [4.69, 9.17) is 21.8 Å². The van der Waals surface area contributed by atoms with Crippen molar-refractivity contribution in [2.75, 3.05) is 0 Å². The van der Waals surface area contributed by atoms with Crippen LogP contribution < -0.4 is 5.73 Å². The molecule has 0 radical (unpaired) electrons. The first-order chi connectivity index (χ1) is 9.16. The second-order valence-corrected chi connectivity index (χ2v) is 5.60. The molecule has 1 heterocycles. The molecular weight excluding hydrogens is 262 g/mol. The lowest BCUT2D eigenvalue weighted by atomic mass is 9.81. The zero-order chi connectivity index (χ0) is 13.4. The van der Waals surface area contributed by atoms with Crippen molar-refractivity contribution in [1.82, 2.24) is 0 Å². The smallest absolute Gasteiger partial charge is 0.202 e. The van der Waals surface area contributed by atoms with Crippen LogP contribution in [0.4, 0.5) is 0 Å². The van der Waals surface area contributed by atoms with E-state index >= 15 is 0 Å². The Morgan fingerprint density at radius 3 is 2.84 bits per heavy atom. The van der Waals surface area contributed by atoms with Crippen LogP contribution in [0.3, 0.4) is 0 Å². The zero-order valence-electron chi connectivity index (χ0n) is 10.6. The fourth-order valence-corrected chi connectivity index (χ4v) is 3.04. The Balaban J connectivity index is 1.95. The van der Waals surface area contributed by atoms with Crippen LogP contribution in [0.1, 0.15) is 36.2 Å². The van der Waals surface area contributed by atoms with Gasteiger partial charge in [-0.3, -0.25) is 4.79 Å². The van der Waals surface area contributed by atoms with Gasteiger partial charge in [-0.25, -0.2) is 0 Å². The number of carbonyl (C=O) groups excluding carboxylic acids is 1. The average Bonchev–Trinajstić information content (AvgIpc) is 2.84. The Bertz CT molecular complexity index is 620. The predicted octanol–water partition coefficient (Wildman–Crippen LogP) is 3.79. The number of rotatable bonds is 2. The summed E-state index contributed by atoms with van der Waals surface area (Å²) in [5, 5.41) is 1.39. The van der Waals surface area contributed by atoms with Crippen LogP contribution in [-0.2, 0) is 0 Å². The van der Waals surface area contributed by atoms with Gasteiger partial charge in [-0.05, 0) is 25.0 Å². The molecule has 1 aliphatic rings. The summed E-state index contributed by atoms with van der Waals surface area (Å²) in [6.07, 6.45) is 3.93. The van der Waals surface area contributed by atoms with E-state index in [1.165, 1.54) is 0 Å². The molecule has 19 heavy (non-hydrogen) atoms. The molecular formula is C15H16ClNO2. The largest absolute Gasteiger partial charge is 0.451 e. The monoisotopic (exact) mass is 277 g/mol. The Kier molecular flexibility index (Phi) is 3.33. The van der Waals surface area contributed by atoms with E-state index < -0.39 is 0 Å². The SMILES string of the molecule is NC1CCCCC1C(=O)c1cc2cccc(Cl)c2o1. The number of hydrogen-bond donors (Lipinski definition) is 1. The van der Waals surface area contributed by atoms with Crippen LogP contribution in [-0.4, -0.2) is 11.8 Å². The summed E-state index contributed by atoms with van der Waals surface area (Å²) in [6, 6.07) is 7.21. The Morgan fingerprint density at radius 1 is 1.32 bits per heavy atom. The van der Waals surface area contributed by atoms with Crippen molar-refractivity contribution in [3.63, 3.8) is 0 Å². The number of ketones is 1. The maximum atomic E-state index is 12.5. The van der Waals surface area contributed by atoms with Crippen LogP contribution in [0.15, 0.2) is 28.7 Å². The molecule has 1 aliphatic carbocycles. The molecule has 1 aromatic carbocycles. The van der Waals surface area contributed by atoms with E-state index in [2.05, 4.69) is 0 Å². The average molecular weight is 278 g/mol. The molecule has 100 valence electrons. The van der Waals surface area contributed by atoms with Crippen molar-refractivity contribution in [2.24, 2.45) is 11.7 Å². The van der Waals surface area contributed by atoms with Crippen molar-refractivity contribution in [2.45, 2.75) is 31.7 Å². The van der Waals surface area contributed by atoms with Gasteiger partial charge in [0.1, 0.15) is 0 Å². The lowest BCUT2D eigenvalue weighted by molar-refractivity contribution is 0.0844. The van der Waals surface area contributed by atoms with E-state index in [1.54, 1.807) is 12.1 Å². The van der Waals surface area contributed by atoms with E-state index in [-0.39, 0.29) is 17.7 Å². The third kappa shape index (κ3) is 2.28. The minimum atomic E-state index is -0.118. The number of benzene rings is 1. The van der Waals surface area contributed by atoms with Gasteiger partial charge in [-0.15, -0.1) is 0 Å². The van der Waals surface area contributed by atoms with Gasteiger partial charge in [0.05, 0.1) is 5.02 Å². The molecule has 0 saturated heterocycles.